The largest absolute Gasteiger partial charge is 0.505 e. The number of aromatic hydroxyl groups is 1. The van der Waals surface area contributed by atoms with Crippen molar-refractivity contribution >= 4 is 50.1 Å². The van der Waals surface area contributed by atoms with Crippen molar-refractivity contribution in [3.63, 3.8) is 0 Å². The Hall–Kier alpha value is -2.85. The number of hydrogen-bond donors (Lipinski definition) is 3. The topological polar surface area (TPSA) is 117 Å². The van der Waals surface area contributed by atoms with Crippen molar-refractivity contribution in [2.45, 2.75) is 49.6 Å². The molecular weight excluding hydrogens is 523 g/mol. The van der Waals surface area contributed by atoms with Gasteiger partial charge in [0.25, 0.3) is 10.0 Å². The number of benzene rings is 2. The molecule has 1 saturated carbocycles. The molecule has 0 unspecified atom stereocenters. The van der Waals surface area contributed by atoms with Crippen molar-refractivity contribution in [2.75, 3.05) is 5.32 Å². The molecule has 4 aromatic rings. The van der Waals surface area contributed by atoms with Crippen molar-refractivity contribution in [1.29, 1.82) is 0 Å². The summed E-state index contributed by atoms with van der Waals surface area (Å²) in [7, 11) is -4.02. The molecular formula is C25H24Cl2N4O4S. The summed E-state index contributed by atoms with van der Waals surface area (Å²) < 4.78 is 28.7. The number of nitrogens with zero attached hydrogens (tertiary/aromatic N) is 3. The first-order valence-corrected chi connectivity index (χ1v) is 13.7. The molecule has 1 aliphatic rings. The van der Waals surface area contributed by atoms with Gasteiger partial charge in [0.2, 0.25) is 0 Å². The third kappa shape index (κ3) is 4.41. The minimum Gasteiger partial charge on any atom is -0.505 e. The van der Waals surface area contributed by atoms with E-state index in [1.807, 2.05) is 0 Å². The maximum absolute atomic E-state index is 13.8. The minimum atomic E-state index is -4.02. The highest BCUT2D eigenvalue weighted by Gasteiger charge is 2.28. The number of rotatable bonds is 5. The lowest BCUT2D eigenvalue weighted by atomic mass is 9.93. The van der Waals surface area contributed by atoms with E-state index in [4.69, 9.17) is 23.2 Å². The van der Waals surface area contributed by atoms with Crippen LogP contribution in [0.5, 0.6) is 5.75 Å². The van der Waals surface area contributed by atoms with Gasteiger partial charge >= 0.3 is 0 Å². The Morgan fingerprint density at radius 2 is 1.72 bits per heavy atom. The number of aryl methyl sites for hydroxylation is 1. The van der Waals surface area contributed by atoms with E-state index in [1.54, 1.807) is 31.2 Å². The molecule has 5 rings (SSSR count). The number of aliphatic hydroxyl groups excluding tert-OH is 1. The van der Waals surface area contributed by atoms with Crippen LogP contribution in [0.3, 0.4) is 0 Å². The summed E-state index contributed by atoms with van der Waals surface area (Å²) in [5, 5.41) is 23.9. The molecule has 1 fully saturated rings. The van der Waals surface area contributed by atoms with Gasteiger partial charge in [-0.25, -0.2) is 22.4 Å². The Balaban J connectivity index is 1.74. The summed E-state index contributed by atoms with van der Waals surface area (Å²) in [5.74, 6) is 0.212. The fourth-order valence-electron chi connectivity index (χ4n) is 4.63. The molecule has 11 heteroatoms. The molecule has 36 heavy (non-hydrogen) atoms. The number of halogens is 2. The molecule has 3 N–H and O–H groups in total. The monoisotopic (exact) mass is 546 g/mol. The number of aromatic nitrogens is 3. The van der Waals surface area contributed by atoms with Crippen LogP contribution in [0.2, 0.25) is 10.0 Å². The highest BCUT2D eigenvalue weighted by molar-refractivity contribution is 7.90. The molecule has 0 atom stereocenters. The van der Waals surface area contributed by atoms with Gasteiger partial charge in [-0.2, -0.15) is 0 Å². The van der Waals surface area contributed by atoms with Crippen molar-refractivity contribution in [2.24, 2.45) is 0 Å². The Bertz CT molecular complexity index is 1540. The van der Waals surface area contributed by atoms with Gasteiger partial charge in [0.15, 0.2) is 11.4 Å². The lowest BCUT2D eigenvalue weighted by molar-refractivity contribution is 0.126. The fraction of sp³-hybridized carbons (Fsp3) is 0.280. The van der Waals surface area contributed by atoms with Crippen LogP contribution in [-0.2, 0) is 10.0 Å². The third-order valence-electron chi connectivity index (χ3n) is 6.55. The molecule has 0 spiro atoms. The van der Waals surface area contributed by atoms with Crippen molar-refractivity contribution in [3.05, 3.63) is 64.5 Å². The highest BCUT2D eigenvalue weighted by Crippen LogP contribution is 2.41. The van der Waals surface area contributed by atoms with Crippen LogP contribution in [0, 0.1) is 6.92 Å². The van der Waals surface area contributed by atoms with Crippen molar-refractivity contribution in [1.82, 2.24) is 13.9 Å². The molecule has 188 valence electrons. The third-order valence-corrected chi connectivity index (χ3v) is 8.93. The molecule has 8 nitrogen and oxygen atoms in total. The molecule has 0 saturated heterocycles. The van der Waals surface area contributed by atoms with Crippen LogP contribution in [-0.4, -0.2) is 44.7 Å². The van der Waals surface area contributed by atoms with E-state index >= 15 is 0 Å². The van der Waals surface area contributed by atoms with Gasteiger partial charge in [0.1, 0.15) is 12.1 Å². The van der Waals surface area contributed by atoms with Gasteiger partial charge in [0, 0.05) is 17.8 Å². The number of fused-ring (bicyclic) bond motifs is 1. The number of hydrogen-bond acceptors (Lipinski definition) is 7. The highest BCUT2D eigenvalue weighted by atomic mass is 35.5. The van der Waals surface area contributed by atoms with Gasteiger partial charge in [-0.15, -0.1) is 0 Å². The number of anilines is 1. The fourth-order valence-corrected chi connectivity index (χ4v) is 6.67. The number of nitrogens with one attached hydrogen (secondary N) is 1. The molecule has 1 aliphatic carbocycles. The Kier molecular flexibility index (Phi) is 6.59. The van der Waals surface area contributed by atoms with E-state index < -0.39 is 10.0 Å². The van der Waals surface area contributed by atoms with Crippen LogP contribution < -0.4 is 5.32 Å². The average Bonchev–Trinajstić information content (AvgIpc) is 3.25. The first-order valence-electron chi connectivity index (χ1n) is 11.5. The molecule has 2 aromatic carbocycles. The summed E-state index contributed by atoms with van der Waals surface area (Å²) in [4.78, 5) is 8.96. The number of aliphatic hydroxyl groups is 1. The van der Waals surface area contributed by atoms with E-state index in [-0.39, 0.29) is 38.5 Å². The Labute approximate surface area is 218 Å². The quantitative estimate of drug-likeness (QED) is 0.308. The second kappa shape index (κ2) is 9.55. The summed E-state index contributed by atoms with van der Waals surface area (Å²) in [5.41, 5.74) is 1.79. The molecule has 0 amide bonds. The van der Waals surface area contributed by atoms with E-state index in [0.29, 0.717) is 40.7 Å². The maximum atomic E-state index is 13.8. The zero-order valence-electron chi connectivity index (χ0n) is 19.3. The van der Waals surface area contributed by atoms with Crippen LogP contribution >= 0.6 is 23.2 Å². The standard InChI is InChI=1S/C25H24Cl2N4O4S/c1-14-4-2-3-5-21(14)36(34,35)31-12-18(15-10-19(26)23(33)20(27)11-15)22-24(28-13-29-25(22)31)30-16-6-8-17(32)9-7-16/h2-5,10-13,16-17,32-33H,6-9H2,1H3,(H,28,29,30). The number of phenolic OH excluding ortho intramolecular Hbond substituents is 1. The summed E-state index contributed by atoms with van der Waals surface area (Å²) in [6, 6.07) is 9.84. The van der Waals surface area contributed by atoms with E-state index in [1.165, 1.54) is 24.7 Å². The predicted molar refractivity (Wildman–Crippen MR) is 140 cm³/mol. The second-order valence-electron chi connectivity index (χ2n) is 8.97. The molecule has 0 aliphatic heterocycles. The summed E-state index contributed by atoms with van der Waals surface area (Å²) >= 11 is 12.4. The van der Waals surface area contributed by atoms with Crippen molar-refractivity contribution in [3.8, 4) is 16.9 Å². The summed E-state index contributed by atoms with van der Waals surface area (Å²) in [6.45, 7) is 1.73. The van der Waals surface area contributed by atoms with Gasteiger partial charge < -0.3 is 15.5 Å². The Morgan fingerprint density at radius 1 is 1.06 bits per heavy atom. The van der Waals surface area contributed by atoms with Gasteiger partial charge in [-0.05, 0) is 61.9 Å². The van der Waals surface area contributed by atoms with Crippen LogP contribution in [0.25, 0.3) is 22.2 Å². The lowest BCUT2D eigenvalue weighted by Crippen LogP contribution is -2.28. The molecule has 0 radical (unpaired) electrons. The van der Waals surface area contributed by atoms with Crippen LogP contribution in [0.1, 0.15) is 31.2 Å². The van der Waals surface area contributed by atoms with E-state index in [9.17, 15) is 18.6 Å². The van der Waals surface area contributed by atoms with E-state index in [2.05, 4.69) is 15.3 Å². The normalized spacial score (nSPS) is 18.4. The number of phenols is 1. The average molecular weight is 547 g/mol. The van der Waals surface area contributed by atoms with E-state index in [0.717, 1.165) is 16.8 Å². The Morgan fingerprint density at radius 3 is 2.39 bits per heavy atom. The zero-order chi connectivity index (χ0) is 25.6. The molecule has 2 heterocycles. The van der Waals surface area contributed by atoms with Crippen LogP contribution in [0.15, 0.2) is 53.8 Å². The second-order valence-corrected chi connectivity index (χ2v) is 11.6. The molecule has 0 bridgehead atoms. The first kappa shape index (κ1) is 24.8. The van der Waals surface area contributed by atoms with Gasteiger partial charge in [0.05, 0.1) is 26.4 Å². The van der Waals surface area contributed by atoms with Crippen LogP contribution in [0.4, 0.5) is 5.82 Å². The SMILES string of the molecule is Cc1ccccc1S(=O)(=O)n1cc(-c2cc(Cl)c(O)c(Cl)c2)c2c(NC3CCC(O)CC3)ncnc21. The minimum absolute atomic E-state index is 0.0350. The first-order chi connectivity index (χ1) is 17.2. The van der Waals surface area contributed by atoms with Gasteiger partial charge in [-0.3, -0.25) is 0 Å². The summed E-state index contributed by atoms with van der Waals surface area (Å²) in [6.07, 6.45) is 5.34. The van der Waals surface area contributed by atoms with Gasteiger partial charge in [-0.1, -0.05) is 41.4 Å². The lowest BCUT2D eigenvalue weighted by Gasteiger charge is -2.26. The zero-order valence-corrected chi connectivity index (χ0v) is 21.6. The maximum Gasteiger partial charge on any atom is 0.269 e. The molecule has 2 aromatic heterocycles. The van der Waals surface area contributed by atoms with Crippen molar-refractivity contribution < 1.29 is 18.6 Å². The predicted octanol–water partition coefficient (Wildman–Crippen LogP) is 5.37. The smallest absolute Gasteiger partial charge is 0.269 e.